The summed E-state index contributed by atoms with van der Waals surface area (Å²) in [7, 11) is 0. The van der Waals surface area contributed by atoms with Crippen molar-refractivity contribution in [3.05, 3.63) is 0 Å². The summed E-state index contributed by atoms with van der Waals surface area (Å²) in [4.78, 5) is 33.3. The van der Waals surface area contributed by atoms with Crippen LogP contribution in [0.25, 0.3) is 0 Å². The SMILES string of the molecule is C#CCOC(=O)CC(O)(CC(=O)OCC#C)C(=O)O. The zero-order valence-electron chi connectivity index (χ0n) is 9.92. The first-order chi connectivity index (χ1) is 8.85. The molecular weight excluding hydrogens is 256 g/mol. The number of hydrogen-bond acceptors (Lipinski definition) is 6. The number of hydrogen-bond donors (Lipinski definition) is 2. The minimum Gasteiger partial charge on any atom is -0.479 e. The van der Waals surface area contributed by atoms with Crippen molar-refractivity contribution in [1.29, 1.82) is 0 Å². The smallest absolute Gasteiger partial charge is 0.336 e. The largest absolute Gasteiger partial charge is 0.479 e. The van der Waals surface area contributed by atoms with Gasteiger partial charge < -0.3 is 19.7 Å². The third-order valence-electron chi connectivity index (χ3n) is 1.90. The minimum atomic E-state index is -2.63. The van der Waals surface area contributed by atoms with Crippen molar-refractivity contribution in [2.24, 2.45) is 0 Å². The number of carbonyl (C=O) groups excluding carboxylic acids is 2. The zero-order chi connectivity index (χ0) is 14.9. The van der Waals surface area contributed by atoms with Crippen molar-refractivity contribution < 1.29 is 34.1 Å². The molecule has 7 nitrogen and oxygen atoms in total. The van der Waals surface area contributed by atoms with E-state index in [1.54, 1.807) is 0 Å². The maximum absolute atomic E-state index is 11.2. The number of carbonyl (C=O) groups is 3. The van der Waals surface area contributed by atoms with Crippen LogP contribution in [0.1, 0.15) is 12.8 Å². The van der Waals surface area contributed by atoms with Crippen molar-refractivity contribution >= 4 is 17.9 Å². The van der Waals surface area contributed by atoms with E-state index in [2.05, 4.69) is 9.47 Å². The van der Waals surface area contributed by atoms with Crippen molar-refractivity contribution in [3.63, 3.8) is 0 Å². The first-order valence-electron chi connectivity index (χ1n) is 4.99. The van der Waals surface area contributed by atoms with Crippen molar-refractivity contribution in [2.45, 2.75) is 18.4 Å². The molecule has 0 saturated carbocycles. The maximum Gasteiger partial charge on any atom is 0.336 e. The second-order valence-corrected chi connectivity index (χ2v) is 3.42. The van der Waals surface area contributed by atoms with Gasteiger partial charge in [-0.05, 0) is 0 Å². The average Bonchev–Trinajstić information content (AvgIpc) is 2.33. The summed E-state index contributed by atoms with van der Waals surface area (Å²) in [5.74, 6) is 0.134. The number of carboxylic acids is 1. The summed E-state index contributed by atoms with van der Waals surface area (Å²) >= 11 is 0. The van der Waals surface area contributed by atoms with Crippen LogP contribution in [0.2, 0.25) is 0 Å². The molecule has 0 aromatic rings. The Morgan fingerprint density at radius 2 is 1.37 bits per heavy atom. The highest BCUT2D eigenvalue weighted by Gasteiger charge is 2.41. The fourth-order valence-corrected chi connectivity index (χ4v) is 1.04. The molecule has 0 fully saturated rings. The number of aliphatic carboxylic acids is 1. The quantitative estimate of drug-likeness (QED) is 0.447. The predicted octanol–water partition coefficient (Wildman–Crippen LogP) is -1.06. The molecule has 0 bridgehead atoms. The van der Waals surface area contributed by atoms with Gasteiger partial charge in [0.15, 0.2) is 18.8 Å². The molecule has 102 valence electrons. The molecule has 0 rings (SSSR count). The van der Waals surface area contributed by atoms with Crippen LogP contribution in [0, 0.1) is 24.7 Å². The molecule has 0 aliphatic heterocycles. The van der Waals surface area contributed by atoms with Gasteiger partial charge in [0.1, 0.15) is 0 Å². The van der Waals surface area contributed by atoms with E-state index in [9.17, 15) is 19.5 Å². The fraction of sp³-hybridized carbons (Fsp3) is 0.417. The van der Waals surface area contributed by atoms with Crippen molar-refractivity contribution in [1.82, 2.24) is 0 Å². The van der Waals surface area contributed by atoms with Crippen LogP contribution >= 0.6 is 0 Å². The van der Waals surface area contributed by atoms with Crippen LogP contribution in [0.15, 0.2) is 0 Å². The first kappa shape index (κ1) is 16.5. The molecule has 0 spiro atoms. The van der Waals surface area contributed by atoms with Gasteiger partial charge in [-0.15, -0.1) is 12.8 Å². The second-order valence-electron chi connectivity index (χ2n) is 3.42. The Hall–Kier alpha value is -2.51. The predicted molar refractivity (Wildman–Crippen MR) is 61.4 cm³/mol. The molecule has 2 N–H and O–H groups in total. The number of carboxylic acid groups (broad SMARTS) is 1. The lowest BCUT2D eigenvalue weighted by atomic mass is 9.96. The number of aliphatic hydroxyl groups is 1. The van der Waals surface area contributed by atoms with E-state index in [4.69, 9.17) is 18.0 Å². The minimum absolute atomic E-state index is 0.365. The Labute approximate surface area is 109 Å². The Morgan fingerprint density at radius 1 is 1.00 bits per heavy atom. The van der Waals surface area contributed by atoms with Gasteiger partial charge in [0, 0.05) is 0 Å². The molecule has 0 heterocycles. The van der Waals surface area contributed by atoms with E-state index >= 15 is 0 Å². The van der Waals surface area contributed by atoms with Crippen LogP contribution < -0.4 is 0 Å². The van der Waals surface area contributed by atoms with Gasteiger partial charge in [-0.2, -0.15) is 0 Å². The molecule has 0 aliphatic rings. The average molecular weight is 268 g/mol. The molecule has 0 aromatic heterocycles. The highest BCUT2D eigenvalue weighted by atomic mass is 16.5. The lowest BCUT2D eigenvalue weighted by molar-refractivity contribution is -0.172. The summed E-state index contributed by atoms with van der Waals surface area (Å²) in [6, 6.07) is 0. The Kier molecular flexibility index (Phi) is 6.72. The van der Waals surface area contributed by atoms with Crippen LogP contribution in [0.3, 0.4) is 0 Å². The molecule has 0 amide bonds. The number of rotatable bonds is 7. The summed E-state index contributed by atoms with van der Waals surface area (Å²) in [6.45, 7) is -0.730. The molecule has 0 saturated heterocycles. The summed E-state index contributed by atoms with van der Waals surface area (Å²) in [5.41, 5.74) is -2.63. The Balaban J connectivity index is 4.64. The molecular formula is C12H12O7. The monoisotopic (exact) mass is 268 g/mol. The standard InChI is InChI=1S/C12H12O7/c1-3-5-18-9(13)7-12(17,11(15)16)8-10(14)19-6-4-2/h1-2,17H,5-8H2,(H,15,16). The van der Waals surface area contributed by atoms with Crippen molar-refractivity contribution in [3.8, 4) is 24.7 Å². The molecule has 0 aromatic carbocycles. The third kappa shape index (κ3) is 6.10. The van der Waals surface area contributed by atoms with E-state index in [0.29, 0.717) is 0 Å². The molecule has 7 heteroatoms. The fourth-order valence-electron chi connectivity index (χ4n) is 1.04. The van der Waals surface area contributed by atoms with Gasteiger partial charge in [0.2, 0.25) is 0 Å². The Bertz CT molecular complexity index is 406. The Morgan fingerprint density at radius 3 is 1.63 bits per heavy atom. The number of terminal acetylenes is 2. The van der Waals surface area contributed by atoms with Crippen LogP contribution in [-0.2, 0) is 23.9 Å². The number of ether oxygens (including phenoxy) is 2. The van der Waals surface area contributed by atoms with Gasteiger partial charge >= 0.3 is 17.9 Å². The van der Waals surface area contributed by atoms with E-state index < -0.39 is 36.4 Å². The summed E-state index contributed by atoms with van der Waals surface area (Å²) in [5, 5.41) is 18.6. The topological polar surface area (TPSA) is 110 Å². The molecule has 0 atom stereocenters. The second kappa shape index (κ2) is 7.75. The maximum atomic E-state index is 11.2. The highest BCUT2D eigenvalue weighted by molar-refractivity contribution is 5.89. The first-order valence-corrected chi connectivity index (χ1v) is 4.99. The molecule has 19 heavy (non-hydrogen) atoms. The molecule has 0 radical (unpaired) electrons. The third-order valence-corrected chi connectivity index (χ3v) is 1.90. The normalized spacial score (nSPS) is 9.84. The van der Waals surface area contributed by atoms with Crippen molar-refractivity contribution in [2.75, 3.05) is 13.2 Å². The van der Waals surface area contributed by atoms with Crippen LogP contribution in [-0.4, -0.2) is 46.9 Å². The van der Waals surface area contributed by atoms with E-state index in [0.717, 1.165) is 0 Å². The van der Waals surface area contributed by atoms with Crippen LogP contribution in [0.5, 0.6) is 0 Å². The lowest BCUT2D eigenvalue weighted by Crippen LogP contribution is -2.43. The van der Waals surface area contributed by atoms with Gasteiger partial charge in [-0.3, -0.25) is 9.59 Å². The van der Waals surface area contributed by atoms with E-state index in [1.807, 2.05) is 11.8 Å². The lowest BCUT2D eigenvalue weighted by Gasteiger charge is -2.20. The summed E-state index contributed by atoms with van der Waals surface area (Å²) < 4.78 is 8.83. The van der Waals surface area contributed by atoms with Gasteiger partial charge in [-0.1, -0.05) is 11.8 Å². The molecule has 0 unspecified atom stereocenters. The summed E-state index contributed by atoms with van der Waals surface area (Å²) in [6.07, 6.45) is 7.80. The highest BCUT2D eigenvalue weighted by Crippen LogP contribution is 2.17. The van der Waals surface area contributed by atoms with Crippen LogP contribution in [0.4, 0.5) is 0 Å². The van der Waals surface area contributed by atoms with Gasteiger partial charge in [0.05, 0.1) is 12.8 Å². The van der Waals surface area contributed by atoms with Gasteiger partial charge in [0.25, 0.3) is 0 Å². The van der Waals surface area contributed by atoms with E-state index in [-0.39, 0.29) is 13.2 Å². The zero-order valence-corrected chi connectivity index (χ0v) is 9.92. The van der Waals surface area contributed by atoms with Gasteiger partial charge in [-0.25, -0.2) is 4.79 Å². The van der Waals surface area contributed by atoms with E-state index in [1.165, 1.54) is 0 Å². The molecule has 0 aliphatic carbocycles. The number of esters is 2.